The van der Waals surface area contributed by atoms with Gasteiger partial charge in [0.1, 0.15) is 10.8 Å². The molecule has 0 saturated heterocycles. The molecule has 0 heterocycles. The lowest BCUT2D eigenvalue weighted by Crippen LogP contribution is -2.06. The van der Waals surface area contributed by atoms with Gasteiger partial charge in [0, 0.05) is 15.1 Å². The Bertz CT molecular complexity index is 702. The van der Waals surface area contributed by atoms with Crippen molar-refractivity contribution in [3.63, 3.8) is 0 Å². The first-order chi connectivity index (χ1) is 9.99. The van der Waals surface area contributed by atoms with Gasteiger partial charge in [-0.05, 0) is 46.3 Å². The number of methoxy groups -OCH3 is 2. The highest BCUT2D eigenvalue weighted by atomic mass is 79.9. The fraction of sp³-hybridized carbons (Fsp3) is 0.133. The molecule has 0 aliphatic carbocycles. The summed E-state index contributed by atoms with van der Waals surface area (Å²) in [5.74, 6) is 0.503. The Morgan fingerprint density at radius 2 is 1.71 bits per heavy atom. The van der Waals surface area contributed by atoms with Gasteiger partial charge in [-0.1, -0.05) is 23.2 Å². The Balaban J connectivity index is 2.55. The van der Waals surface area contributed by atoms with Crippen LogP contribution >= 0.6 is 39.1 Å². The van der Waals surface area contributed by atoms with Crippen LogP contribution in [0.2, 0.25) is 10.0 Å². The van der Waals surface area contributed by atoms with Gasteiger partial charge in [-0.3, -0.25) is 4.79 Å². The predicted octanol–water partition coefficient (Wildman–Crippen LogP) is 5.00. The van der Waals surface area contributed by atoms with Crippen molar-refractivity contribution in [3.8, 4) is 11.5 Å². The van der Waals surface area contributed by atoms with Crippen molar-refractivity contribution in [1.29, 1.82) is 0 Å². The molecule has 21 heavy (non-hydrogen) atoms. The van der Waals surface area contributed by atoms with E-state index in [1.165, 1.54) is 14.2 Å². The van der Waals surface area contributed by atoms with Gasteiger partial charge < -0.3 is 9.47 Å². The van der Waals surface area contributed by atoms with Crippen molar-refractivity contribution < 1.29 is 14.3 Å². The molecule has 0 radical (unpaired) electrons. The highest BCUT2D eigenvalue weighted by molar-refractivity contribution is 9.10. The van der Waals surface area contributed by atoms with E-state index in [0.29, 0.717) is 26.4 Å². The molecular formula is C15H11BrCl2O3. The minimum atomic E-state index is -0.222. The molecule has 110 valence electrons. The minimum absolute atomic E-state index is 0.222. The van der Waals surface area contributed by atoms with Gasteiger partial charge in [0.15, 0.2) is 11.5 Å². The molecule has 3 nitrogen and oxygen atoms in total. The number of hydrogen-bond donors (Lipinski definition) is 0. The second-order valence-electron chi connectivity index (χ2n) is 4.12. The molecule has 0 spiro atoms. The van der Waals surface area contributed by atoms with E-state index >= 15 is 0 Å². The van der Waals surface area contributed by atoms with Crippen LogP contribution in [0.4, 0.5) is 0 Å². The molecular weight excluding hydrogens is 379 g/mol. The SMILES string of the molecule is COc1ccc(C(=O)c2ccc(Cl)cc2Br)c(OC)c1Cl. The molecule has 0 atom stereocenters. The molecule has 6 heteroatoms. The fourth-order valence-electron chi connectivity index (χ4n) is 1.89. The molecule has 2 rings (SSSR count). The summed E-state index contributed by atoms with van der Waals surface area (Å²) in [6, 6.07) is 8.20. The summed E-state index contributed by atoms with van der Waals surface area (Å²) in [5, 5.41) is 0.800. The summed E-state index contributed by atoms with van der Waals surface area (Å²) >= 11 is 15.4. The lowest BCUT2D eigenvalue weighted by molar-refractivity contribution is 0.103. The maximum Gasteiger partial charge on any atom is 0.197 e. The molecule has 0 N–H and O–H groups in total. The lowest BCUT2D eigenvalue weighted by atomic mass is 10.0. The zero-order valence-corrected chi connectivity index (χ0v) is 14.3. The van der Waals surface area contributed by atoms with Crippen molar-refractivity contribution in [1.82, 2.24) is 0 Å². The van der Waals surface area contributed by atoms with Crippen LogP contribution in [0.15, 0.2) is 34.8 Å². The molecule has 0 aromatic heterocycles. The van der Waals surface area contributed by atoms with Crippen LogP contribution < -0.4 is 9.47 Å². The Labute approximate surface area is 140 Å². The summed E-state index contributed by atoms with van der Waals surface area (Å²) < 4.78 is 11.0. The Kier molecular flexibility index (Phi) is 5.14. The van der Waals surface area contributed by atoms with Crippen molar-refractivity contribution in [2.24, 2.45) is 0 Å². The first-order valence-corrected chi connectivity index (χ1v) is 7.44. The zero-order valence-electron chi connectivity index (χ0n) is 11.2. The van der Waals surface area contributed by atoms with Crippen LogP contribution in [-0.4, -0.2) is 20.0 Å². The largest absolute Gasteiger partial charge is 0.495 e. The second-order valence-corrected chi connectivity index (χ2v) is 5.78. The average molecular weight is 390 g/mol. The molecule has 0 saturated carbocycles. The van der Waals surface area contributed by atoms with E-state index in [1.54, 1.807) is 30.3 Å². The molecule has 0 amide bonds. The monoisotopic (exact) mass is 388 g/mol. The average Bonchev–Trinajstić information content (AvgIpc) is 2.46. The normalized spacial score (nSPS) is 10.3. The maximum absolute atomic E-state index is 12.7. The standard InChI is InChI=1S/C15H11BrCl2O3/c1-20-12-6-5-10(15(21-2)13(12)18)14(19)9-4-3-8(17)7-11(9)16/h3-7H,1-2H3. The third-order valence-electron chi connectivity index (χ3n) is 2.91. The Hall–Kier alpha value is -1.23. The number of benzene rings is 2. The van der Waals surface area contributed by atoms with E-state index in [2.05, 4.69) is 15.9 Å². The summed E-state index contributed by atoms with van der Waals surface area (Å²) in [4.78, 5) is 12.7. The van der Waals surface area contributed by atoms with Gasteiger partial charge >= 0.3 is 0 Å². The Morgan fingerprint density at radius 1 is 1.05 bits per heavy atom. The highest BCUT2D eigenvalue weighted by Crippen LogP contribution is 2.38. The number of carbonyl (C=O) groups excluding carboxylic acids is 1. The van der Waals surface area contributed by atoms with Gasteiger partial charge in [0.05, 0.1) is 19.8 Å². The van der Waals surface area contributed by atoms with E-state index in [0.717, 1.165) is 0 Å². The lowest BCUT2D eigenvalue weighted by Gasteiger charge is -2.13. The van der Waals surface area contributed by atoms with Crippen molar-refractivity contribution >= 4 is 44.9 Å². The molecule has 0 unspecified atom stereocenters. The molecule has 0 aliphatic heterocycles. The number of carbonyl (C=O) groups is 1. The number of halogens is 3. The van der Waals surface area contributed by atoms with E-state index in [9.17, 15) is 4.79 Å². The first-order valence-electron chi connectivity index (χ1n) is 5.89. The number of rotatable bonds is 4. The van der Waals surface area contributed by atoms with E-state index in [-0.39, 0.29) is 16.6 Å². The third-order valence-corrected chi connectivity index (χ3v) is 4.16. The number of hydrogen-bond acceptors (Lipinski definition) is 3. The highest BCUT2D eigenvalue weighted by Gasteiger charge is 2.21. The van der Waals surface area contributed by atoms with Gasteiger partial charge in [-0.25, -0.2) is 0 Å². The molecule has 2 aromatic carbocycles. The summed E-state index contributed by atoms with van der Waals surface area (Å²) in [7, 11) is 2.95. The molecule has 0 bridgehead atoms. The van der Waals surface area contributed by atoms with Crippen LogP contribution in [0.5, 0.6) is 11.5 Å². The van der Waals surface area contributed by atoms with E-state index in [4.69, 9.17) is 32.7 Å². The predicted molar refractivity (Wildman–Crippen MR) is 87.1 cm³/mol. The molecule has 0 aliphatic rings. The van der Waals surface area contributed by atoms with Crippen LogP contribution in [0.3, 0.4) is 0 Å². The zero-order chi connectivity index (χ0) is 15.6. The van der Waals surface area contributed by atoms with Gasteiger partial charge in [0.2, 0.25) is 0 Å². The minimum Gasteiger partial charge on any atom is -0.495 e. The smallest absolute Gasteiger partial charge is 0.197 e. The van der Waals surface area contributed by atoms with Crippen LogP contribution in [0, 0.1) is 0 Å². The number of ether oxygens (including phenoxy) is 2. The molecule has 2 aromatic rings. The van der Waals surface area contributed by atoms with Gasteiger partial charge in [0.25, 0.3) is 0 Å². The second kappa shape index (κ2) is 6.69. The van der Waals surface area contributed by atoms with Crippen LogP contribution in [-0.2, 0) is 0 Å². The van der Waals surface area contributed by atoms with E-state index in [1.807, 2.05) is 0 Å². The first kappa shape index (κ1) is 16.1. The maximum atomic E-state index is 12.7. The van der Waals surface area contributed by atoms with Gasteiger partial charge in [-0.15, -0.1) is 0 Å². The Morgan fingerprint density at radius 3 is 2.29 bits per heavy atom. The molecule has 0 fully saturated rings. The van der Waals surface area contributed by atoms with Gasteiger partial charge in [-0.2, -0.15) is 0 Å². The van der Waals surface area contributed by atoms with Crippen LogP contribution in [0.1, 0.15) is 15.9 Å². The summed E-state index contributed by atoms with van der Waals surface area (Å²) in [5.41, 5.74) is 0.824. The fourth-order valence-corrected chi connectivity index (χ4v) is 3.07. The van der Waals surface area contributed by atoms with Crippen molar-refractivity contribution in [2.75, 3.05) is 14.2 Å². The summed E-state index contributed by atoms with van der Waals surface area (Å²) in [6.45, 7) is 0. The third kappa shape index (κ3) is 3.18. The topological polar surface area (TPSA) is 35.5 Å². The van der Waals surface area contributed by atoms with E-state index < -0.39 is 0 Å². The van der Waals surface area contributed by atoms with Crippen LogP contribution in [0.25, 0.3) is 0 Å². The summed E-state index contributed by atoms with van der Waals surface area (Å²) in [6.07, 6.45) is 0. The van der Waals surface area contributed by atoms with Crippen molar-refractivity contribution in [2.45, 2.75) is 0 Å². The quantitative estimate of drug-likeness (QED) is 0.690. The van der Waals surface area contributed by atoms with Crippen molar-refractivity contribution in [3.05, 3.63) is 56.0 Å². The number of ketones is 1.